The highest BCUT2D eigenvalue weighted by atomic mass is 15.2. The highest BCUT2D eigenvalue weighted by molar-refractivity contribution is 5.88. The van der Waals surface area contributed by atoms with Crippen molar-refractivity contribution in [3.05, 3.63) is 12.3 Å². The van der Waals surface area contributed by atoms with Gasteiger partial charge in [-0.05, 0) is 31.7 Å². The molecule has 0 amide bonds. The van der Waals surface area contributed by atoms with Crippen molar-refractivity contribution in [1.29, 1.82) is 0 Å². The Morgan fingerprint density at radius 2 is 2.22 bits per heavy atom. The normalized spacial score (nSPS) is 16.8. The molecule has 96 valence electrons. The van der Waals surface area contributed by atoms with Crippen LogP contribution < -0.4 is 10.2 Å². The van der Waals surface area contributed by atoms with Gasteiger partial charge in [0.25, 0.3) is 0 Å². The zero-order chi connectivity index (χ0) is 12.7. The maximum atomic E-state index is 4.61. The Morgan fingerprint density at radius 3 is 2.89 bits per heavy atom. The number of nitrogens with zero attached hydrogens (tertiary/aromatic N) is 3. The number of rotatable bonds is 4. The summed E-state index contributed by atoms with van der Waals surface area (Å²) in [5, 5.41) is 4.11. The van der Waals surface area contributed by atoms with E-state index in [0.29, 0.717) is 12.0 Å². The number of hydrogen-bond donors (Lipinski definition) is 2. The van der Waals surface area contributed by atoms with Gasteiger partial charge in [0.2, 0.25) is 5.95 Å². The van der Waals surface area contributed by atoms with Crippen LogP contribution >= 0.6 is 0 Å². The molecule has 2 aromatic heterocycles. The first-order valence-corrected chi connectivity index (χ1v) is 6.46. The molecule has 1 fully saturated rings. The van der Waals surface area contributed by atoms with Crippen molar-refractivity contribution in [3.63, 3.8) is 0 Å². The minimum Gasteiger partial charge on any atom is -0.357 e. The Labute approximate surface area is 107 Å². The van der Waals surface area contributed by atoms with Crippen molar-refractivity contribution in [3.8, 4) is 0 Å². The standard InChI is InChI=1S/C13H19N5/c1-8(9-4-5-9)18(3)12-10-6-7-15-11(10)16-13(14-2)17-12/h6-9H,4-5H2,1-3H3,(H2,14,15,16,17)/t8-/m1/s1. The first-order valence-electron chi connectivity index (χ1n) is 6.46. The smallest absolute Gasteiger partial charge is 0.226 e. The van der Waals surface area contributed by atoms with E-state index < -0.39 is 0 Å². The summed E-state index contributed by atoms with van der Waals surface area (Å²) < 4.78 is 0. The van der Waals surface area contributed by atoms with Crippen LogP contribution in [0.5, 0.6) is 0 Å². The van der Waals surface area contributed by atoms with Crippen molar-refractivity contribution in [2.45, 2.75) is 25.8 Å². The van der Waals surface area contributed by atoms with Gasteiger partial charge in [0, 0.05) is 26.3 Å². The summed E-state index contributed by atoms with van der Waals surface area (Å²) in [6, 6.07) is 2.57. The van der Waals surface area contributed by atoms with Crippen molar-refractivity contribution in [2.24, 2.45) is 5.92 Å². The SMILES string of the molecule is CNc1nc(N(C)[C@H](C)C2CC2)c2cc[nH]c2n1. The average molecular weight is 245 g/mol. The van der Waals surface area contributed by atoms with Gasteiger partial charge < -0.3 is 15.2 Å². The van der Waals surface area contributed by atoms with Crippen LogP contribution in [0.1, 0.15) is 19.8 Å². The van der Waals surface area contributed by atoms with Crippen LogP contribution in [0, 0.1) is 5.92 Å². The maximum absolute atomic E-state index is 4.61. The number of fused-ring (bicyclic) bond motifs is 1. The Bertz CT molecular complexity index is 558. The second-order valence-electron chi connectivity index (χ2n) is 5.05. The lowest BCUT2D eigenvalue weighted by molar-refractivity contribution is 0.605. The number of hydrogen-bond acceptors (Lipinski definition) is 4. The second kappa shape index (κ2) is 4.15. The Balaban J connectivity index is 2.05. The first kappa shape index (κ1) is 11.3. The molecule has 1 saturated carbocycles. The van der Waals surface area contributed by atoms with E-state index >= 15 is 0 Å². The average Bonchev–Trinajstić information content (AvgIpc) is 3.13. The van der Waals surface area contributed by atoms with E-state index in [4.69, 9.17) is 0 Å². The van der Waals surface area contributed by atoms with E-state index in [1.807, 2.05) is 19.3 Å². The minimum absolute atomic E-state index is 0.530. The molecule has 18 heavy (non-hydrogen) atoms. The maximum Gasteiger partial charge on any atom is 0.226 e. The van der Waals surface area contributed by atoms with Gasteiger partial charge in [-0.15, -0.1) is 0 Å². The molecule has 0 radical (unpaired) electrons. The van der Waals surface area contributed by atoms with Crippen molar-refractivity contribution < 1.29 is 0 Å². The van der Waals surface area contributed by atoms with Crippen LogP contribution in [-0.2, 0) is 0 Å². The largest absolute Gasteiger partial charge is 0.357 e. The van der Waals surface area contributed by atoms with E-state index in [2.05, 4.69) is 39.1 Å². The van der Waals surface area contributed by atoms with Gasteiger partial charge >= 0.3 is 0 Å². The van der Waals surface area contributed by atoms with Gasteiger partial charge in [-0.2, -0.15) is 9.97 Å². The molecular formula is C13H19N5. The van der Waals surface area contributed by atoms with E-state index in [0.717, 1.165) is 22.8 Å². The zero-order valence-corrected chi connectivity index (χ0v) is 11.1. The van der Waals surface area contributed by atoms with Crippen LogP contribution in [0.25, 0.3) is 11.0 Å². The fourth-order valence-electron chi connectivity index (χ4n) is 2.39. The third-order valence-corrected chi connectivity index (χ3v) is 3.87. The first-order chi connectivity index (χ1) is 8.70. The molecule has 1 atom stereocenters. The van der Waals surface area contributed by atoms with Gasteiger partial charge in [-0.1, -0.05) is 0 Å². The van der Waals surface area contributed by atoms with Gasteiger partial charge in [-0.25, -0.2) is 0 Å². The molecule has 3 rings (SSSR count). The number of aromatic amines is 1. The Kier molecular flexibility index (Phi) is 2.61. The summed E-state index contributed by atoms with van der Waals surface area (Å²) in [4.78, 5) is 14.4. The topological polar surface area (TPSA) is 56.8 Å². The van der Waals surface area contributed by atoms with Crippen molar-refractivity contribution >= 4 is 22.8 Å². The molecule has 0 spiro atoms. The minimum atomic E-state index is 0.530. The quantitative estimate of drug-likeness (QED) is 0.867. The molecule has 1 aliphatic rings. The van der Waals surface area contributed by atoms with Gasteiger partial charge in [-0.3, -0.25) is 0 Å². The summed E-state index contributed by atoms with van der Waals surface area (Å²) in [6.45, 7) is 2.28. The molecule has 2 aromatic rings. The fourth-order valence-corrected chi connectivity index (χ4v) is 2.39. The van der Waals surface area contributed by atoms with Crippen molar-refractivity contribution in [2.75, 3.05) is 24.3 Å². The molecule has 2 heterocycles. The number of anilines is 2. The summed E-state index contributed by atoms with van der Waals surface area (Å²) in [6.07, 6.45) is 4.59. The lowest BCUT2D eigenvalue weighted by atomic mass is 10.2. The van der Waals surface area contributed by atoms with Crippen molar-refractivity contribution in [1.82, 2.24) is 15.0 Å². The van der Waals surface area contributed by atoms with Gasteiger partial charge in [0.05, 0.1) is 5.39 Å². The lowest BCUT2D eigenvalue weighted by Gasteiger charge is -2.26. The zero-order valence-electron chi connectivity index (χ0n) is 11.1. The monoisotopic (exact) mass is 245 g/mol. The third-order valence-electron chi connectivity index (χ3n) is 3.87. The number of H-pyrrole nitrogens is 1. The summed E-state index contributed by atoms with van der Waals surface area (Å²) in [5.74, 6) is 2.48. The second-order valence-corrected chi connectivity index (χ2v) is 5.05. The molecule has 2 N–H and O–H groups in total. The summed E-state index contributed by atoms with van der Waals surface area (Å²) in [7, 11) is 3.97. The highest BCUT2D eigenvalue weighted by Crippen LogP contribution is 2.37. The fraction of sp³-hybridized carbons (Fsp3) is 0.538. The van der Waals surface area contributed by atoms with Gasteiger partial charge in [0.15, 0.2) is 0 Å². The van der Waals surface area contributed by atoms with E-state index in [9.17, 15) is 0 Å². The van der Waals surface area contributed by atoms with Crippen LogP contribution in [-0.4, -0.2) is 35.1 Å². The number of aromatic nitrogens is 3. The predicted molar refractivity (Wildman–Crippen MR) is 74.0 cm³/mol. The third kappa shape index (κ3) is 1.79. The summed E-state index contributed by atoms with van der Waals surface area (Å²) >= 11 is 0. The van der Waals surface area contributed by atoms with E-state index in [-0.39, 0.29) is 0 Å². The number of nitrogens with one attached hydrogen (secondary N) is 2. The molecule has 0 aromatic carbocycles. The molecular weight excluding hydrogens is 226 g/mol. The Hall–Kier alpha value is -1.78. The molecule has 5 heteroatoms. The van der Waals surface area contributed by atoms with Gasteiger partial charge in [0.1, 0.15) is 11.5 Å². The molecule has 1 aliphatic carbocycles. The van der Waals surface area contributed by atoms with E-state index in [1.165, 1.54) is 12.8 Å². The van der Waals surface area contributed by atoms with E-state index in [1.54, 1.807) is 0 Å². The summed E-state index contributed by atoms with van der Waals surface area (Å²) in [5.41, 5.74) is 0.888. The molecule has 5 nitrogen and oxygen atoms in total. The Morgan fingerprint density at radius 1 is 1.44 bits per heavy atom. The lowest BCUT2D eigenvalue weighted by Crippen LogP contribution is -2.31. The molecule has 0 unspecified atom stereocenters. The van der Waals surface area contributed by atoms with Crippen LogP contribution in [0.4, 0.5) is 11.8 Å². The molecule has 0 bridgehead atoms. The van der Waals surface area contributed by atoms with Crippen LogP contribution in [0.2, 0.25) is 0 Å². The van der Waals surface area contributed by atoms with Crippen LogP contribution in [0.15, 0.2) is 12.3 Å². The van der Waals surface area contributed by atoms with Crippen LogP contribution in [0.3, 0.4) is 0 Å². The highest BCUT2D eigenvalue weighted by Gasteiger charge is 2.31. The molecule has 0 aliphatic heterocycles. The molecule has 0 saturated heterocycles. The predicted octanol–water partition coefficient (Wildman–Crippen LogP) is 2.23.